The van der Waals surface area contributed by atoms with Gasteiger partial charge < -0.3 is 15.5 Å². The average molecular weight is 291 g/mol. The molecule has 0 saturated carbocycles. The zero-order valence-electron chi connectivity index (χ0n) is 12.9. The van der Waals surface area contributed by atoms with Crippen molar-refractivity contribution in [2.45, 2.75) is 26.7 Å². The largest absolute Gasteiger partial charge is 0.369 e. The highest BCUT2D eigenvalue weighted by atomic mass is 16.1. The molecular weight excluding hydrogens is 266 g/mol. The van der Waals surface area contributed by atoms with Crippen molar-refractivity contribution in [3.05, 3.63) is 18.1 Å². The first-order valence-corrected chi connectivity index (χ1v) is 7.79. The molecule has 1 amide bonds. The maximum absolute atomic E-state index is 12.1. The average Bonchev–Trinajstić information content (AvgIpc) is 2.99. The normalized spacial score (nSPS) is 18.7. The highest BCUT2D eigenvalue weighted by Gasteiger charge is 2.21. The number of carbonyl (C=O) groups is 1. The van der Waals surface area contributed by atoms with Crippen molar-refractivity contribution in [3.8, 4) is 0 Å². The molecular formula is C15H25N5O. The first-order valence-electron chi connectivity index (χ1n) is 7.79. The summed E-state index contributed by atoms with van der Waals surface area (Å²) in [4.78, 5) is 22.9. The summed E-state index contributed by atoms with van der Waals surface area (Å²) >= 11 is 0. The van der Waals surface area contributed by atoms with Crippen molar-refractivity contribution < 1.29 is 4.79 Å². The second-order valence-electron chi connectivity index (χ2n) is 5.47. The molecule has 1 fully saturated rings. The van der Waals surface area contributed by atoms with Crippen LogP contribution in [0.2, 0.25) is 0 Å². The van der Waals surface area contributed by atoms with E-state index in [1.807, 2.05) is 0 Å². The van der Waals surface area contributed by atoms with Gasteiger partial charge in [0.2, 0.25) is 0 Å². The molecule has 0 bridgehead atoms. The summed E-state index contributed by atoms with van der Waals surface area (Å²) in [6.45, 7) is 9.08. The third-order valence-corrected chi connectivity index (χ3v) is 3.79. The molecule has 1 atom stereocenters. The second-order valence-corrected chi connectivity index (χ2v) is 5.47. The number of hydrogen-bond donors (Lipinski definition) is 2. The molecule has 0 aromatic carbocycles. The molecule has 0 spiro atoms. The molecule has 2 rings (SSSR count). The summed E-state index contributed by atoms with van der Waals surface area (Å²) in [5, 5.41) is 6.11. The van der Waals surface area contributed by atoms with Crippen molar-refractivity contribution in [1.82, 2.24) is 20.2 Å². The lowest BCUT2D eigenvalue weighted by atomic mass is 10.1. The van der Waals surface area contributed by atoms with Crippen LogP contribution in [0.5, 0.6) is 0 Å². The Bertz CT molecular complexity index is 465. The van der Waals surface area contributed by atoms with Crippen LogP contribution in [-0.4, -0.2) is 53.5 Å². The van der Waals surface area contributed by atoms with Crippen LogP contribution in [0.3, 0.4) is 0 Å². The molecule has 6 heteroatoms. The fourth-order valence-electron chi connectivity index (χ4n) is 2.51. The maximum Gasteiger partial charge on any atom is 0.271 e. The number of amides is 1. The number of nitrogens with one attached hydrogen (secondary N) is 2. The second kappa shape index (κ2) is 7.93. The van der Waals surface area contributed by atoms with Crippen LogP contribution < -0.4 is 10.6 Å². The van der Waals surface area contributed by atoms with Gasteiger partial charge in [-0.15, -0.1) is 0 Å². The Morgan fingerprint density at radius 2 is 2.29 bits per heavy atom. The van der Waals surface area contributed by atoms with E-state index < -0.39 is 0 Å². The molecule has 1 saturated heterocycles. The number of likely N-dealkylation sites (tertiary alicyclic amines) is 1. The van der Waals surface area contributed by atoms with Gasteiger partial charge in [-0.2, -0.15) is 0 Å². The molecule has 2 heterocycles. The van der Waals surface area contributed by atoms with Crippen LogP contribution in [0.1, 0.15) is 37.2 Å². The van der Waals surface area contributed by atoms with Gasteiger partial charge in [0.15, 0.2) is 0 Å². The fourth-order valence-corrected chi connectivity index (χ4v) is 2.51. The van der Waals surface area contributed by atoms with Gasteiger partial charge in [0.25, 0.3) is 5.91 Å². The number of nitrogens with zero attached hydrogens (tertiary/aromatic N) is 3. The lowest BCUT2D eigenvalue weighted by Gasteiger charge is -2.13. The quantitative estimate of drug-likeness (QED) is 0.794. The van der Waals surface area contributed by atoms with Gasteiger partial charge in [-0.25, -0.2) is 4.98 Å². The molecule has 116 valence electrons. The number of anilines is 1. The van der Waals surface area contributed by atoms with Gasteiger partial charge in [0.1, 0.15) is 11.5 Å². The van der Waals surface area contributed by atoms with E-state index in [-0.39, 0.29) is 5.91 Å². The van der Waals surface area contributed by atoms with Crippen molar-refractivity contribution >= 4 is 11.7 Å². The van der Waals surface area contributed by atoms with Crippen LogP contribution in [0.4, 0.5) is 5.82 Å². The molecule has 1 aliphatic heterocycles. The fraction of sp³-hybridized carbons (Fsp3) is 0.667. The Kier molecular flexibility index (Phi) is 5.92. The summed E-state index contributed by atoms with van der Waals surface area (Å²) in [5.41, 5.74) is 0.376. The minimum Gasteiger partial charge on any atom is -0.369 e. The Hall–Kier alpha value is -1.69. The standard InChI is InChI=1S/C15H25N5O/c1-3-6-17-14-10-16-9-13(19-14)15(21)18-8-12-5-7-20(4-2)11-12/h9-10,12H,3-8,11H2,1-2H3,(H,17,19)(H,18,21). The molecule has 0 radical (unpaired) electrons. The zero-order valence-corrected chi connectivity index (χ0v) is 12.9. The van der Waals surface area contributed by atoms with E-state index in [1.54, 1.807) is 6.20 Å². The van der Waals surface area contributed by atoms with E-state index in [9.17, 15) is 4.79 Å². The Morgan fingerprint density at radius 1 is 1.43 bits per heavy atom. The van der Waals surface area contributed by atoms with Gasteiger partial charge in [0, 0.05) is 19.6 Å². The van der Waals surface area contributed by atoms with Gasteiger partial charge >= 0.3 is 0 Å². The van der Waals surface area contributed by atoms with Crippen LogP contribution in [-0.2, 0) is 0 Å². The minimum atomic E-state index is -0.141. The van der Waals surface area contributed by atoms with E-state index in [0.717, 1.165) is 39.0 Å². The van der Waals surface area contributed by atoms with Crippen LogP contribution >= 0.6 is 0 Å². The Labute approximate surface area is 126 Å². The molecule has 1 aromatic heterocycles. The molecule has 1 aliphatic rings. The summed E-state index contributed by atoms with van der Waals surface area (Å²) < 4.78 is 0. The summed E-state index contributed by atoms with van der Waals surface area (Å²) in [5.74, 6) is 1.06. The van der Waals surface area contributed by atoms with Crippen molar-refractivity contribution in [2.24, 2.45) is 5.92 Å². The molecule has 21 heavy (non-hydrogen) atoms. The smallest absolute Gasteiger partial charge is 0.271 e. The Morgan fingerprint density at radius 3 is 3.00 bits per heavy atom. The number of rotatable bonds is 7. The lowest BCUT2D eigenvalue weighted by Crippen LogP contribution is -2.31. The van der Waals surface area contributed by atoms with Crippen molar-refractivity contribution in [1.29, 1.82) is 0 Å². The van der Waals surface area contributed by atoms with Gasteiger partial charge in [0.05, 0.1) is 12.4 Å². The number of carbonyl (C=O) groups excluding carboxylic acids is 1. The van der Waals surface area contributed by atoms with E-state index in [2.05, 4.69) is 39.3 Å². The van der Waals surface area contributed by atoms with Gasteiger partial charge in [-0.05, 0) is 31.8 Å². The van der Waals surface area contributed by atoms with Crippen LogP contribution in [0, 0.1) is 5.92 Å². The first-order chi connectivity index (χ1) is 10.2. The molecule has 2 N–H and O–H groups in total. The number of aromatic nitrogens is 2. The topological polar surface area (TPSA) is 70.2 Å². The lowest BCUT2D eigenvalue weighted by molar-refractivity contribution is 0.0942. The molecule has 6 nitrogen and oxygen atoms in total. The SMILES string of the molecule is CCCNc1cncc(C(=O)NCC2CCN(CC)C2)n1. The monoisotopic (exact) mass is 291 g/mol. The number of hydrogen-bond acceptors (Lipinski definition) is 5. The van der Waals surface area contributed by atoms with Gasteiger partial charge in [-0.3, -0.25) is 9.78 Å². The van der Waals surface area contributed by atoms with Crippen molar-refractivity contribution in [2.75, 3.05) is 38.0 Å². The van der Waals surface area contributed by atoms with E-state index in [4.69, 9.17) is 0 Å². The summed E-state index contributed by atoms with van der Waals surface area (Å²) in [6.07, 6.45) is 5.31. The predicted molar refractivity (Wildman–Crippen MR) is 83.4 cm³/mol. The maximum atomic E-state index is 12.1. The summed E-state index contributed by atoms with van der Waals surface area (Å²) in [6, 6.07) is 0. The van der Waals surface area contributed by atoms with E-state index >= 15 is 0 Å². The van der Waals surface area contributed by atoms with Crippen LogP contribution in [0.25, 0.3) is 0 Å². The highest BCUT2D eigenvalue weighted by Crippen LogP contribution is 2.14. The van der Waals surface area contributed by atoms with Gasteiger partial charge in [-0.1, -0.05) is 13.8 Å². The molecule has 1 unspecified atom stereocenters. The molecule has 0 aliphatic carbocycles. The zero-order chi connectivity index (χ0) is 15.1. The van der Waals surface area contributed by atoms with E-state index in [0.29, 0.717) is 24.0 Å². The van der Waals surface area contributed by atoms with E-state index in [1.165, 1.54) is 6.20 Å². The highest BCUT2D eigenvalue weighted by molar-refractivity contribution is 5.92. The summed E-state index contributed by atoms with van der Waals surface area (Å²) in [7, 11) is 0. The van der Waals surface area contributed by atoms with Crippen LogP contribution in [0.15, 0.2) is 12.4 Å². The Balaban J connectivity index is 1.83. The third-order valence-electron chi connectivity index (χ3n) is 3.79. The third kappa shape index (κ3) is 4.67. The molecule has 1 aromatic rings. The van der Waals surface area contributed by atoms with Crippen molar-refractivity contribution in [3.63, 3.8) is 0 Å². The predicted octanol–water partition coefficient (Wildman–Crippen LogP) is 1.37. The minimum absolute atomic E-state index is 0.141. The first kappa shape index (κ1) is 15.7.